The molecule has 20 heavy (non-hydrogen) atoms. The maximum absolute atomic E-state index is 5.84. The highest BCUT2D eigenvalue weighted by molar-refractivity contribution is 7.64. The lowest BCUT2D eigenvalue weighted by molar-refractivity contribution is 0.317. The van der Waals surface area contributed by atoms with Gasteiger partial charge in [0.15, 0.2) is 0 Å². The highest BCUT2D eigenvalue weighted by Gasteiger charge is 2.23. The first-order valence-corrected chi connectivity index (χ1v) is 12.6. The van der Waals surface area contributed by atoms with E-state index in [2.05, 4.69) is 24.3 Å². The van der Waals surface area contributed by atoms with E-state index in [1.54, 1.807) is 0 Å². The number of halogens is 3. The van der Waals surface area contributed by atoms with Crippen LogP contribution < -0.4 is 4.74 Å². The quantitative estimate of drug-likeness (QED) is 0.339. The monoisotopic (exact) mass is 350 g/mol. The van der Waals surface area contributed by atoms with Crippen molar-refractivity contribution in [2.75, 3.05) is 6.61 Å². The highest BCUT2D eigenvalue weighted by atomic mass is 35.8. The minimum Gasteiger partial charge on any atom is -0.494 e. The predicted octanol–water partition coefficient (Wildman–Crippen LogP) is 6.16. The lowest BCUT2D eigenvalue weighted by Gasteiger charge is -2.22. The first-order valence-electron chi connectivity index (χ1n) is 7.34. The van der Waals surface area contributed by atoms with Crippen LogP contribution >= 0.6 is 33.2 Å². The lowest BCUT2D eigenvalue weighted by Crippen LogP contribution is -2.10. The van der Waals surface area contributed by atoms with Crippen LogP contribution in [0.25, 0.3) is 0 Å². The van der Waals surface area contributed by atoms with Gasteiger partial charge in [-0.1, -0.05) is 31.4 Å². The molecule has 0 radical (unpaired) electrons. The highest BCUT2D eigenvalue weighted by Crippen LogP contribution is 2.33. The van der Waals surface area contributed by atoms with E-state index < -0.39 is 6.00 Å². The summed E-state index contributed by atoms with van der Waals surface area (Å²) in [7, 11) is 0. The maximum Gasteiger partial charge on any atom is 0.341 e. The van der Waals surface area contributed by atoms with Crippen LogP contribution in [0.5, 0.6) is 5.75 Å². The van der Waals surface area contributed by atoms with E-state index >= 15 is 0 Å². The Bertz CT molecular complexity index is 397. The SMILES string of the molecule is Cl[Si](Cl)(Cl)CCCOc1ccc(C2CCCCC2)cc1. The van der Waals surface area contributed by atoms with Crippen LogP contribution in [-0.2, 0) is 0 Å². The first-order chi connectivity index (χ1) is 9.54. The van der Waals surface area contributed by atoms with Crippen LogP contribution in [0.4, 0.5) is 0 Å². The van der Waals surface area contributed by atoms with Gasteiger partial charge in [-0.3, -0.25) is 0 Å². The minimum absolute atomic E-state index is 0.615. The minimum atomic E-state index is -2.49. The molecule has 2 rings (SSSR count). The zero-order valence-corrected chi connectivity index (χ0v) is 14.9. The molecule has 0 atom stereocenters. The number of hydrogen-bond donors (Lipinski definition) is 0. The zero-order valence-electron chi connectivity index (χ0n) is 11.6. The molecule has 0 amide bonds. The van der Waals surface area contributed by atoms with Gasteiger partial charge >= 0.3 is 6.00 Å². The van der Waals surface area contributed by atoms with Gasteiger partial charge in [-0.2, -0.15) is 0 Å². The Morgan fingerprint density at radius 2 is 1.65 bits per heavy atom. The Labute approximate surface area is 136 Å². The van der Waals surface area contributed by atoms with Crippen molar-refractivity contribution >= 4 is 39.2 Å². The normalized spacial score (nSPS) is 17.1. The fourth-order valence-electron chi connectivity index (χ4n) is 2.73. The van der Waals surface area contributed by atoms with Crippen molar-refractivity contribution in [1.82, 2.24) is 0 Å². The lowest BCUT2D eigenvalue weighted by atomic mass is 9.84. The van der Waals surface area contributed by atoms with Crippen LogP contribution in [0.2, 0.25) is 6.04 Å². The van der Waals surface area contributed by atoms with Crippen LogP contribution in [-0.4, -0.2) is 12.6 Å². The molecule has 0 aliphatic heterocycles. The Morgan fingerprint density at radius 1 is 1.00 bits per heavy atom. The smallest absolute Gasteiger partial charge is 0.341 e. The average Bonchev–Trinajstić information content (AvgIpc) is 2.44. The van der Waals surface area contributed by atoms with Crippen molar-refractivity contribution < 1.29 is 4.74 Å². The van der Waals surface area contributed by atoms with Gasteiger partial charge in [0, 0.05) is 0 Å². The number of benzene rings is 1. The zero-order chi connectivity index (χ0) is 14.4. The Kier molecular flexibility index (Phi) is 6.53. The summed E-state index contributed by atoms with van der Waals surface area (Å²) in [6, 6.07) is 6.70. The van der Waals surface area contributed by atoms with Gasteiger partial charge in [0.1, 0.15) is 5.75 Å². The molecule has 1 aliphatic rings. The fraction of sp³-hybridized carbons (Fsp3) is 0.600. The van der Waals surface area contributed by atoms with Crippen molar-refractivity contribution in [2.24, 2.45) is 0 Å². The summed E-state index contributed by atoms with van der Waals surface area (Å²) < 4.78 is 5.69. The molecule has 112 valence electrons. The molecule has 0 unspecified atom stereocenters. The molecule has 0 saturated heterocycles. The van der Waals surface area contributed by atoms with E-state index in [1.807, 2.05) is 0 Å². The van der Waals surface area contributed by atoms with E-state index in [-0.39, 0.29) is 0 Å². The summed E-state index contributed by atoms with van der Waals surface area (Å²) >= 11 is 17.5. The van der Waals surface area contributed by atoms with Gasteiger partial charge in [0.05, 0.1) is 6.61 Å². The van der Waals surface area contributed by atoms with Gasteiger partial charge in [0.2, 0.25) is 0 Å². The molecule has 1 nitrogen and oxygen atoms in total. The second-order valence-corrected chi connectivity index (χ2v) is 14.7. The Balaban J connectivity index is 1.76. The van der Waals surface area contributed by atoms with Gasteiger partial charge in [-0.25, -0.2) is 0 Å². The molecule has 0 spiro atoms. The summed E-state index contributed by atoms with van der Waals surface area (Å²) in [4.78, 5) is 0. The van der Waals surface area contributed by atoms with Gasteiger partial charge in [-0.15, -0.1) is 33.2 Å². The summed E-state index contributed by atoms with van der Waals surface area (Å²) in [6.07, 6.45) is 7.58. The number of rotatable bonds is 6. The van der Waals surface area contributed by atoms with Crippen molar-refractivity contribution in [3.05, 3.63) is 29.8 Å². The summed E-state index contributed by atoms with van der Waals surface area (Å²) in [6.45, 7) is 0.615. The van der Waals surface area contributed by atoms with Crippen LogP contribution in [0.1, 0.15) is 50.0 Å². The van der Waals surface area contributed by atoms with Gasteiger partial charge < -0.3 is 4.74 Å². The standard InChI is InChI=1S/C15H21Cl3OSi/c16-20(17,18)12-4-11-19-15-9-7-14(8-10-15)13-5-2-1-3-6-13/h7-10,13H,1-6,11-12H2. The van der Waals surface area contributed by atoms with Crippen molar-refractivity contribution in [3.63, 3.8) is 0 Å². The van der Waals surface area contributed by atoms with Crippen LogP contribution in [0.15, 0.2) is 24.3 Å². The molecule has 0 bridgehead atoms. The van der Waals surface area contributed by atoms with Crippen LogP contribution in [0.3, 0.4) is 0 Å². The molecule has 1 aromatic carbocycles. The summed E-state index contributed by atoms with van der Waals surface area (Å²) in [5, 5.41) is 0. The molecule has 1 aliphatic carbocycles. The van der Waals surface area contributed by atoms with E-state index in [0.29, 0.717) is 12.7 Å². The largest absolute Gasteiger partial charge is 0.494 e. The second kappa shape index (κ2) is 7.93. The summed E-state index contributed by atoms with van der Waals surface area (Å²) in [5.74, 6) is 1.66. The Morgan fingerprint density at radius 3 is 2.25 bits per heavy atom. The molecule has 5 heteroatoms. The van der Waals surface area contributed by atoms with Crippen LogP contribution in [0, 0.1) is 0 Å². The third-order valence-corrected chi connectivity index (χ3v) is 6.45. The predicted molar refractivity (Wildman–Crippen MR) is 90.5 cm³/mol. The number of ether oxygens (including phenoxy) is 1. The molecular formula is C15H21Cl3OSi. The van der Waals surface area contributed by atoms with Crippen molar-refractivity contribution in [3.8, 4) is 5.75 Å². The van der Waals surface area contributed by atoms with Crippen molar-refractivity contribution in [1.29, 1.82) is 0 Å². The summed E-state index contributed by atoms with van der Waals surface area (Å²) in [5.41, 5.74) is 1.45. The van der Waals surface area contributed by atoms with E-state index in [9.17, 15) is 0 Å². The van der Waals surface area contributed by atoms with Gasteiger partial charge in [-0.05, 0) is 48.9 Å². The molecule has 1 aromatic rings. The third-order valence-electron chi connectivity index (χ3n) is 3.83. The average molecular weight is 352 g/mol. The van der Waals surface area contributed by atoms with Crippen molar-refractivity contribution in [2.45, 2.75) is 50.5 Å². The van der Waals surface area contributed by atoms with E-state index in [0.717, 1.165) is 18.1 Å². The molecule has 0 aromatic heterocycles. The number of hydrogen-bond acceptors (Lipinski definition) is 1. The third kappa shape index (κ3) is 5.85. The first kappa shape index (κ1) is 16.5. The molecule has 0 heterocycles. The van der Waals surface area contributed by atoms with E-state index in [4.69, 9.17) is 38.0 Å². The van der Waals surface area contributed by atoms with E-state index in [1.165, 1.54) is 37.7 Å². The molecule has 1 saturated carbocycles. The Hall–Kier alpha value is 0.107. The van der Waals surface area contributed by atoms with Gasteiger partial charge in [0.25, 0.3) is 0 Å². The molecule has 0 N–H and O–H groups in total. The molecule has 1 fully saturated rings. The maximum atomic E-state index is 5.84. The molecular weight excluding hydrogens is 331 g/mol. The second-order valence-electron chi connectivity index (χ2n) is 5.47. The fourth-order valence-corrected chi connectivity index (χ4v) is 4.48. The topological polar surface area (TPSA) is 9.23 Å².